The minimum absolute atomic E-state index is 0. The number of aryl methyl sites for hydroxylation is 1. The van der Waals surface area contributed by atoms with Gasteiger partial charge in [0.15, 0.2) is 5.96 Å². The maximum Gasteiger partial charge on any atom is 0.193 e. The molecule has 1 aromatic carbocycles. The molecular formula is C21H28IN3O. The molecule has 4 N–H and O–H groups in total. The van der Waals surface area contributed by atoms with Crippen molar-refractivity contribution in [2.45, 2.75) is 31.8 Å². The fourth-order valence-electron chi connectivity index (χ4n) is 8.16. The number of rotatable bonds is 4. The highest BCUT2D eigenvalue weighted by atomic mass is 127. The zero-order valence-corrected chi connectivity index (χ0v) is 17.5. The molecule has 0 spiro atoms. The average molecular weight is 465 g/mol. The second kappa shape index (κ2) is 5.60. The highest BCUT2D eigenvalue weighted by molar-refractivity contribution is 14.0. The molecule has 0 radical (unpaired) electrons. The van der Waals surface area contributed by atoms with E-state index in [4.69, 9.17) is 5.73 Å². The molecule has 0 amide bonds. The molecule has 0 aromatic heterocycles. The van der Waals surface area contributed by atoms with Crippen LogP contribution in [-0.4, -0.2) is 23.2 Å². The second-order valence-electron chi connectivity index (χ2n) is 9.20. The number of halogens is 1. The fourth-order valence-corrected chi connectivity index (χ4v) is 8.16. The van der Waals surface area contributed by atoms with Gasteiger partial charge in [0, 0.05) is 5.69 Å². The Morgan fingerprint density at radius 3 is 2.54 bits per heavy atom. The number of anilines is 1. The molecule has 9 unspecified atom stereocenters. The Hall–Kier alpha value is -0.820. The molecule has 5 aliphatic rings. The zero-order chi connectivity index (χ0) is 16.9. The van der Waals surface area contributed by atoms with E-state index in [1.165, 1.54) is 18.4 Å². The third-order valence-electron chi connectivity index (χ3n) is 8.66. The predicted octanol–water partition coefficient (Wildman–Crippen LogP) is 3.10. The van der Waals surface area contributed by atoms with E-state index in [2.05, 4.69) is 29.4 Å². The third kappa shape index (κ3) is 1.91. The molecule has 0 aliphatic heterocycles. The molecule has 5 fully saturated rings. The van der Waals surface area contributed by atoms with Crippen LogP contribution < -0.4 is 11.1 Å². The van der Waals surface area contributed by atoms with Crippen molar-refractivity contribution in [2.75, 3.05) is 11.9 Å². The summed E-state index contributed by atoms with van der Waals surface area (Å²) in [6.45, 7) is 2.63. The van der Waals surface area contributed by atoms with E-state index >= 15 is 0 Å². The zero-order valence-electron chi connectivity index (χ0n) is 15.1. The van der Waals surface area contributed by atoms with Gasteiger partial charge < -0.3 is 16.2 Å². The van der Waals surface area contributed by atoms with E-state index in [9.17, 15) is 5.11 Å². The summed E-state index contributed by atoms with van der Waals surface area (Å²) in [5.41, 5.74) is 7.82. The molecule has 6 rings (SSSR count). The van der Waals surface area contributed by atoms with Crippen LogP contribution in [0.4, 0.5) is 5.69 Å². The topological polar surface area (TPSA) is 70.6 Å². The van der Waals surface area contributed by atoms with Crippen molar-refractivity contribution in [3.05, 3.63) is 29.8 Å². The van der Waals surface area contributed by atoms with Gasteiger partial charge in [-0.25, -0.2) is 0 Å². The smallest absolute Gasteiger partial charge is 0.193 e. The largest absolute Gasteiger partial charge is 0.387 e. The Morgan fingerprint density at radius 2 is 1.81 bits per heavy atom. The molecule has 5 saturated carbocycles. The molecule has 9 atom stereocenters. The van der Waals surface area contributed by atoms with E-state index in [0.29, 0.717) is 24.3 Å². The lowest BCUT2D eigenvalue weighted by atomic mass is 9.56. The predicted molar refractivity (Wildman–Crippen MR) is 113 cm³/mol. The van der Waals surface area contributed by atoms with Crippen LogP contribution in [0.15, 0.2) is 29.3 Å². The molecular weight excluding hydrogens is 437 g/mol. The summed E-state index contributed by atoms with van der Waals surface area (Å²) in [4.78, 5) is 4.59. The Morgan fingerprint density at radius 1 is 1.12 bits per heavy atom. The quantitative estimate of drug-likeness (QED) is 0.364. The van der Waals surface area contributed by atoms with E-state index < -0.39 is 5.60 Å². The molecule has 0 saturated heterocycles. The molecule has 140 valence electrons. The standard InChI is InChI=1S/C21H27N3O.HI/c1-2-10-3-5-11(6-4-10)24-20(22)23-9-21(25)18-13-8-14-16-12(13)7-15(18)17(16)19(14)21;/h3-6,12-19,25H,2,7-9H2,1H3,(H3,22,23,24);1H. The number of hydrogen-bond acceptors (Lipinski definition) is 2. The Kier molecular flexibility index (Phi) is 3.72. The number of nitrogens with one attached hydrogen (secondary N) is 1. The average Bonchev–Trinajstić information content (AvgIpc) is 3.13. The highest BCUT2D eigenvalue weighted by Gasteiger charge is 2.84. The van der Waals surface area contributed by atoms with Gasteiger partial charge in [-0.05, 0) is 84.3 Å². The van der Waals surface area contributed by atoms with Crippen molar-refractivity contribution in [3.8, 4) is 0 Å². The Bertz CT molecular complexity index is 759. The summed E-state index contributed by atoms with van der Waals surface area (Å²) >= 11 is 0. The van der Waals surface area contributed by atoms with Crippen molar-refractivity contribution in [2.24, 2.45) is 58.1 Å². The number of aliphatic hydroxyl groups is 1. The Balaban J connectivity index is 0.00000150. The van der Waals surface area contributed by atoms with Crippen molar-refractivity contribution < 1.29 is 5.11 Å². The maximum absolute atomic E-state index is 11.6. The van der Waals surface area contributed by atoms with Crippen LogP contribution in [0.25, 0.3) is 0 Å². The number of nitrogens with two attached hydrogens (primary N) is 1. The molecule has 4 nitrogen and oxygen atoms in total. The molecule has 26 heavy (non-hydrogen) atoms. The van der Waals surface area contributed by atoms with Gasteiger partial charge in [-0.15, -0.1) is 24.0 Å². The Labute approximate surface area is 172 Å². The number of benzene rings is 1. The van der Waals surface area contributed by atoms with Gasteiger partial charge in [0.2, 0.25) is 0 Å². The lowest BCUT2D eigenvalue weighted by molar-refractivity contribution is -0.123. The van der Waals surface area contributed by atoms with Crippen LogP contribution in [-0.2, 0) is 6.42 Å². The van der Waals surface area contributed by atoms with Crippen LogP contribution >= 0.6 is 24.0 Å². The van der Waals surface area contributed by atoms with Crippen molar-refractivity contribution in [1.29, 1.82) is 0 Å². The first kappa shape index (κ1) is 17.3. The number of nitrogens with zero attached hydrogens (tertiary/aromatic N) is 1. The van der Waals surface area contributed by atoms with Crippen molar-refractivity contribution >= 4 is 35.6 Å². The van der Waals surface area contributed by atoms with E-state index in [1.54, 1.807) is 0 Å². The van der Waals surface area contributed by atoms with Gasteiger partial charge in [0.1, 0.15) is 0 Å². The van der Waals surface area contributed by atoms with Gasteiger partial charge in [0.25, 0.3) is 0 Å². The molecule has 2 bridgehead atoms. The molecule has 5 heteroatoms. The molecule has 1 aromatic rings. The third-order valence-corrected chi connectivity index (χ3v) is 8.66. The monoisotopic (exact) mass is 465 g/mol. The van der Waals surface area contributed by atoms with E-state index in [-0.39, 0.29) is 24.0 Å². The maximum atomic E-state index is 11.6. The molecule has 5 aliphatic carbocycles. The number of aliphatic imine (C=N–C) groups is 1. The van der Waals surface area contributed by atoms with Crippen LogP contribution in [0, 0.1) is 47.3 Å². The van der Waals surface area contributed by atoms with Crippen LogP contribution in [0.5, 0.6) is 0 Å². The SMILES string of the molecule is CCc1ccc(NC(N)=NCC2(O)C3C4CC5C6C4CC3C6C52)cc1.I. The van der Waals surface area contributed by atoms with Crippen LogP contribution in [0.2, 0.25) is 0 Å². The highest BCUT2D eigenvalue weighted by Crippen LogP contribution is 2.85. The number of guanidine groups is 1. The van der Waals surface area contributed by atoms with E-state index in [1.807, 2.05) is 12.1 Å². The first-order valence-electron chi connectivity index (χ1n) is 10.00. The summed E-state index contributed by atoms with van der Waals surface area (Å²) in [6, 6.07) is 8.30. The van der Waals surface area contributed by atoms with Gasteiger partial charge in [-0.1, -0.05) is 19.1 Å². The van der Waals surface area contributed by atoms with E-state index in [0.717, 1.165) is 47.6 Å². The van der Waals surface area contributed by atoms with Gasteiger partial charge >= 0.3 is 0 Å². The summed E-state index contributed by atoms with van der Waals surface area (Å²) in [5, 5.41) is 14.7. The first-order valence-corrected chi connectivity index (χ1v) is 10.00. The number of hydrogen-bond donors (Lipinski definition) is 3. The molecule has 0 heterocycles. The summed E-state index contributed by atoms with van der Waals surface area (Å²) in [5.74, 6) is 6.52. The van der Waals surface area contributed by atoms with Gasteiger partial charge in [-0.3, -0.25) is 4.99 Å². The van der Waals surface area contributed by atoms with Crippen LogP contribution in [0.3, 0.4) is 0 Å². The van der Waals surface area contributed by atoms with Crippen LogP contribution in [0.1, 0.15) is 25.3 Å². The normalized spacial score (nSPS) is 48.6. The lowest BCUT2D eigenvalue weighted by Gasteiger charge is -2.51. The summed E-state index contributed by atoms with van der Waals surface area (Å²) < 4.78 is 0. The first-order chi connectivity index (χ1) is 12.1. The summed E-state index contributed by atoms with van der Waals surface area (Å²) in [6.07, 6.45) is 3.81. The minimum atomic E-state index is -0.580. The number of fused-ring (bicyclic) bond motifs is 2. The van der Waals surface area contributed by atoms with Gasteiger partial charge in [-0.2, -0.15) is 0 Å². The van der Waals surface area contributed by atoms with Crippen molar-refractivity contribution in [3.63, 3.8) is 0 Å². The van der Waals surface area contributed by atoms with Gasteiger partial charge in [0.05, 0.1) is 12.1 Å². The van der Waals surface area contributed by atoms with Crippen molar-refractivity contribution in [1.82, 2.24) is 0 Å². The summed E-state index contributed by atoms with van der Waals surface area (Å²) in [7, 11) is 0. The minimum Gasteiger partial charge on any atom is -0.387 e. The fraction of sp³-hybridized carbons (Fsp3) is 0.667. The second-order valence-corrected chi connectivity index (χ2v) is 9.20. The lowest BCUT2D eigenvalue weighted by Crippen LogP contribution is -2.56.